The molecule has 4 bridgehead atoms. The zero-order valence-corrected chi connectivity index (χ0v) is 23.0. The molecule has 10 heteroatoms. The van der Waals surface area contributed by atoms with E-state index in [0.29, 0.717) is 18.1 Å². The molecule has 1 atom stereocenters. The summed E-state index contributed by atoms with van der Waals surface area (Å²) in [6.45, 7) is 0.587. The number of benzene rings is 1. The first kappa shape index (κ1) is 23.6. The van der Waals surface area contributed by atoms with Crippen molar-refractivity contribution in [3.63, 3.8) is 0 Å². The third kappa shape index (κ3) is 3.76. The number of rotatable bonds is 5. The fourth-order valence-corrected chi connectivity index (χ4v) is 12.1. The smallest absolute Gasteiger partial charge is 0.253 e. The SMILES string of the molecule is O=C1CN(S(=O)(=O)c2cc3ccc(Cl)cc3s2)CCN1C(c1nccs1)C12CC3CC(CC(C3)C1)C2. The number of piperazine rings is 1. The Morgan fingerprint density at radius 3 is 2.42 bits per heavy atom. The highest BCUT2D eigenvalue weighted by molar-refractivity contribution is 7.91. The van der Waals surface area contributed by atoms with Gasteiger partial charge in [0.25, 0.3) is 10.0 Å². The molecule has 5 aliphatic rings. The van der Waals surface area contributed by atoms with Gasteiger partial charge in [-0.3, -0.25) is 4.79 Å². The zero-order chi connectivity index (χ0) is 24.7. The molecule has 1 saturated heterocycles. The summed E-state index contributed by atoms with van der Waals surface area (Å²) < 4.78 is 29.5. The largest absolute Gasteiger partial charge is 0.330 e. The van der Waals surface area contributed by atoms with Gasteiger partial charge < -0.3 is 4.90 Å². The predicted octanol–water partition coefficient (Wildman–Crippen LogP) is 5.80. The van der Waals surface area contributed by atoms with Crippen LogP contribution in [0.15, 0.2) is 40.1 Å². The molecule has 5 fully saturated rings. The number of sulfonamides is 1. The van der Waals surface area contributed by atoms with Crippen molar-refractivity contribution in [3.05, 3.63) is 45.9 Å². The standard InChI is InChI=1S/C26H28ClN3O3S3/c27-20-2-1-19-10-23(35-21(19)11-20)36(32,33)29-4-5-30(22(31)15-29)24(25-28-3-6-34-25)26-12-16-7-17(13-26)9-18(8-16)14-26/h1-3,6,10-11,16-18,24H,4-5,7-9,12-15H2. The second-order valence-corrected chi connectivity index (χ2v) is 15.8. The lowest BCUT2D eigenvalue weighted by molar-refractivity contribution is -0.151. The van der Waals surface area contributed by atoms with Gasteiger partial charge in [-0.1, -0.05) is 17.7 Å². The second-order valence-electron chi connectivity index (χ2n) is 11.2. The van der Waals surface area contributed by atoms with Gasteiger partial charge in [0.2, 0.25) is 5.91 Å². The molecule has 1 unspecified atom stereocenters. The van der Waals surface area contributed by atoms with Crippen LogP contribution in [-0.2, 0) is 14.8 Å². The minimum atomic E-state index is -3.77. The number of fused-ring (bicyclic) bond motifs is 1. The Morgan fingerprint density at radius 1 is 1.06 bits per heavy atom. The number of hydrogen-bond acceptors (Lipinski definition) is 6. The van der Waals surface area contributed by atoms with Crippen LogP contribution in [0.1, 0.15) is 49.6 Å². The topological polar surface area (TPSA) is 70.6 Å². The first-order chi connectivity index (χ1) is 17.3. The summed E-state index contributed by atoms with van der Waals surface area (Å²) in [5.74, 6) is 2.18. The number of carbonyl (C=O) groups excluding carboxylic acids is 1. The van der Waals surface area contributed by atoms with Crippen molar-refractivity contribution in [2.24, 2.45) is 23.2 Å². The van der Waals surface area contributed by atoms with Gasteiger partial charge in [0.15, 0.2) is 0 Å². The fourth-order valence-electron chi connectivity index (χ4n) is 7.99. The molecule has 6 nitrogen and oxygen atoms in total. The fraction of sp³-hybridized carbons (Fsp3) is 0.538. The molecule has 1 amide bonds. The summed E-state index contributed by atoms with van der Waals surface area (Å²) in [7, 11) is -3.77. The Hall–Kier alpha value is -1.52. The maximum atomic E-state index is 13.7. The van der Waals surface area contributed by atoms with Crippen molar-refractivity contribution in [1.29, 1.82) is 0 Å². The average molecular weight is 562 g/mol. The van der Waals surface area contributed by atoms with Crippen molar-refractivity contribution in [2.45, 2.75) is 48.8 Å². The highest BCUT2D eigenvalue weighted by atomic mass is 35.5. The average Bonchev–Trinajstić information content (AvgIpc) is 3.49. The monoisotopic (exact) mass is 561 g/mol. The zero-order valence-electron chi connectivity index (χ0n) is 19.8. The summed E-state index contributed by atoms with van der Waals surface area (Å²) in [6, 6.07) is 7.03. The van der Waals surface area contributed by atoms with E-state index in [1.807, 2.05) is 22.5 Å². The van der Waals surface area contributed by atoms with Gasteiger partial charge in [0.1, 0.15) is 9.22 Å². The van der Waals surface area contributed by atoms with E-state index in [1.54, 1.807) is 29.5 Å². The van der Waals surface area contributed by atoms with Crippen LogP contribution in [0, 0.1) is 23.2 Å². The predicted molar refractivity (Wildman–Crippen MR) is 143 cm³/mol. The summed E-state index contributed by atoms with van der Waals surface area (Å²) in [6.07, 6.45) is 9.35. The number of nitrogens with zero attached hydrogens (tertiary/aromatic N) is 3. The molecule has 190 valence electrons. The molecule has 2 aromatic heterocycles. The Labute approximate surface area is 224 Å². The maximum Gasteiger partial charge on any atom is 0.253 e. The minimum Gasteiger partial charge on any atom is -0.330 e. The van der Waals surface area contributed by atoms with Crippen LogP contribution in [0.4, 0.5) is 0 Å². The molecular weight excluding hydrogens is 534 g/mol. The van der Waals surface area contributed by atoms with E-state index in [4.69, 9.17) is 16.6 Å². The number of carbonyl (C=O) groups is 1. The van der Waals surface area contributed by atoms with Crippen LogP contribution in [-0.4, -0.2) is 48.1 Å². The van der Waals surface area contributed by atoms with Gasteiger partial charge in [-0.2, -0.15) is 4.31 Å². The number of thiazole rings is 1. The van der Waals surface area contributed by atoms with Crippen LogP contribution in [0.2, 0.25) is 5.02 Å². The van der Waals surface area contributed by atoms with Gasteiger partial charge in [0, 0.05) is 34.4 Å². The number of halogens is 1. The highest BCUT2D eigenvalue weighted by Crippen LogP contribution is 2.65. The van der Waals surface area contributed by atoms with Crippen LogP contribution in [0.3, 0.4) is 0 Å². The van der Waals surface area contributed by atoms with E-state index in [9.17, 15) is 13.2 Å². The summed E-state index contributed by atoms with van der Waals surface area (Å²) in [5, 5.41) is 4.44. The quantitative estimate of drug-likeness (QED) is 0.394. The van der Waals surface area contributed by atoms with E-state index in [1.165, 1.54) is 54.2 Å². The van der Waals surface area contributed by atoms with Crippen molar-refractivity contribution in [1.82, 2.24) is 14.2 Å². The number of amides is 1. The summed E-state index contributed by atoms with van der Waals surface area (Å²) >= 11 is 8.95. The lowest BCUT2D eigenvalue weighted by Gasteiger charge is -2.60. The van der Waals surface area contributed by atoms with E-state index >= 15 is 0 Å². The highest BCUT2D eigenvalue weighted by Gasteiger charge is 2.57. The molecule has 0 spiro atoms. The summed E-state index contributed by atoms with van der Waals surface area (Å²) in [4.78, 5) is 20.4. The summed E-state index contributed by atoms with van der Waals surface area (Å²) in [5.41, 5.74) is 0.0774. The van der Waals surface area contributed by atoms with Crippen molar-refractivity contribution in [3.8, 4) is 0 Å². The molecule has 3 heterocycles. The van der Waals surface area contributed by atoms with Gasteiger partial charge in [-0.15, -0.1) is 22.7 Å². The van der Waals surface area contributed by atoms with Gasteiger partial charge >= 0.3 is 0 Å². The van der Waals surface area contributed by atoms with Crippen LogP contribution in [0.25, 0.3) is 10.1 Å². The lowest BCUT2D eigenvalue weighted by Crippen LogP contribution is -2.58. The number of thiophene rings is 1. The molecule has 3 aromatic rings. The molecule has 0 radical (unpaired) electrons. The molecule has 36 heavy (non-hydrogen) atoms. The Bertz CT molecular complexity index is 1400. The van der Waals surface area contributed by atoms with Crippen molar-refractivity contribution in [2.75, 3.05) is 19.6 Å². The third-order valence-electron chi connectivity index (χ3n) is 8.94. The van der Waals surface area contributed by atoms with E-state index in [-0.39, 0.29) is 28.1 Å². The first-order valence-corrected chi connectivity index (χ1v) is 16.2. The molecule has 8 rings (SSSR count). The Balaban J connectivity index is 1.18. The second kappa shape index (κ2) is 8.50. The van der Waals surface area contributed by atoms with Crippen LogP contribution >= 0.6 is 34.3 Å². The van der Waals surface area contributed by atoms with Gasteiger partial charge in [-0.25, -0.2) is 13.4 Å². The normalized spacial score (nSPS) is 31.4. The third-order valence-corrected chi connectivity index (χ3v) is 13.4. The van der Waals surface area contributed by atoms with Crippen molar-refractivity contribution < 1.29 is 13.2 Å². The molecule has 1 aliphatic heterocycles. The molecule has 1 aromatic carbocycles. The van der Waals surface area contributed by atoms with Crippen molar-refractivity contribution >= 4 is 60.3 Å². The molecule has 0 N–H and O–H groups in total. The number of aromatic nitrogens is 1. The maximum absolute atomic E-state index is 13.7. The first-order valence-electron chi connectivity index (χ1n) is 12.7. The van der Waals surface area contributed by atoms with Crippen LogP contribution in [0.5, 0.6) is 0 Å². The number of hydrogen-bond donors (Lipinski definition) is 0. The Kier molecular flexibility index (Phi) is 5.57. The van der Waals surface area contributed by atoms with E-state index < -0.39 is 10.0 Å². The van der Waals surface area contributed by atoms with Gasteiger partial charge in [0.05, 0.1) is 12.6 Å². The molecule has 4 saturated carbocycles. The minimum absolute atomic E-state index is 0.0466. The Morgan fingerprint density at radius 2 is 1.78 bits per heavy atom. The molecular formula is C26H28ClN3O3S3. The lowest BCUT2D eigenvalue weighted by atomic mass is 9.47. The van der Waals surface area contributed by atoms with Crippen LogP contribution < -0.4 is 0 Å². The van der Waals surface area contributed by atoms with Gasteiger partial charge in [-0.05, 0) is 85.3 Å². The van der Waals surface area contributed by atoms with E-state index in [0.717, 1.165) is 32.8 Å². The molecule has 4 aliphatic carbocycles. The van der Waals surface area contributed by atoms with E-state index in [2.05, 4.69) is 0 Å².